The number of para-hydroxylation sites is 1. The molecule has 1 saturated heterocycles. The summed E-state index contributed by atoms with van der Waals surface area (Å²) < 4.78 is 0. The van der Waals surface area contributed by atoms with E-state index in [1.165, 1.54) is 13.8 Å². The molecule has 10 atom stereocenters. The minimum atomic E-state index is -1.42. The van der Waals surface area contributed by atoms with Crippen LogP contribution in [0.1, 0.15) is 65.4 Å². The topological polar surface area (TPSA) is 299 Å². The number of carbonyl (C=O) groups excluding carboxylic acids is 9. The molecule has 332 valence electrons. The highest BCUT2D eigenvalue weighted by Crippen LogP contribution is 2.34. The third-order valence-corrected chi connectivity index (χ3v) is 13.0. The first-order chi connectivity index (χ1) is 28.9. The summed E-state index contributed by atoms with van der Waals surface area (Å²) in [7, 11) is 0. The summed E-state index contributed by atoms with van der Waals surface area (Å²) in [5, 5.41) is 35.6. The second-order valence-corrected chi connectivity index (χ2v) is 17.4. The number of aliphatic hydroxyl groups is 2. The molecule has 1 fully saturated rings. The van der Waals surface area contributed by atoms with Crippen LogP contribution in [0.2, 0.25) is 0 Å². The van der Waals surface area contributed by atoms with Crippen molar-refractivity contribution in [3.63, 3.8) is 0 Å². The van der Waals surface area contributed by atoms with Crippen molar-refractivity contribution >= 4 is 75.6 Å². The second kappa shape index (κ2) is 20.5. The van der Waals surface area contributed by atoms with Gasteiger partial charge in [-0.1, -0.05) is 45.4 Å². The number of aromatic amines is 1. The lowest BCUT2D eigenvalue weighted by Crippen LogP contribution is -2.56. The third kappa shape index (κ3) is 11.5. The van der Waals surface area contributed by atoms with Gasteiger partial charge in [-0.15, -0.1) is 11.8 Å². The zero-order valence-corrected chi connectivity index (χ0v) is 35.5. The van der Waals surface area contributed by atoms with E-state index in [9.17, 15) is 53.4 Å². The van der Waals surface area contributed by atoms with Gasteiger partial charge in [0, 0.05) is 60.7 Å². The number of nitrogens with two attached hydrogens (primary N) is 1. The van der Waals surface area contributed by atoms with Crippen LogP contribution in [0.5, 0.6) is 0 Å². The average molecular weight is 869 g/mol. The predicted octanol–water partition coefficient (Wildman–Crippen LogP) is -1.43. The molecule has 61 heavy (non-hydrogen) atoms. The zero-order chi connectivity index (χ0) is 44.7. The molecular weight excluding hydrogens is 813 g/mol. The van der Waals surface area contributed by atoms with E-state index >= 15 is 0 Å². The van der Waals surface area contributed by atoms with Gasteiger partial charge in [0.1, 0.15) is 12.1 Å². The number of aliphatic hydroxyl groups excluding tert-OH is 2. The third-order valence-electron chi connectivity index (χ3n) is 11.9. The SMILES string of the molecule is CC[C@H](C)[C@@H]1NC(=O)CNC(=O)C2CC(=O)[C@H]([C@@H](C)[C@H](C)O)NC(=O)C3CC(O)CN3C(=O)[C@H](CC(N)=O)CC(=O)C(CSc3[nH]c4ccccc4c3C2)NC(=O)CNC1=O. The Morgan fingerprint density at radius 1 is 0.869 bits per heavy atom. The summed E-state index contributed by atoms with van der Waals surface area (Å²) >= 11 is 1.12. The smallest absolute Gasteiger partial charge is 0.243 e. The lowest BCUT2D eigenvalue weighted by molar-refractivity contribution is -0.145. The molecule has 3 aliphatic rings. The fourth-order valence-corrected chi connectivity index (χ4v) is 9.12. The first kappa shape index (κ1) is 46.7. The number of Topliss-reactive ketones (excluding diaryl/α,β-unsaturated/α-hetero) is 2. The molecule has 19 nitrogen and oxygen atoms in total. The molecule has 7 amide bonds. The number of aromatic nitrogens is 1. The molecule has 3 aliphatic heterocycles. The molecular formula is C41H56N8O11S. The lowest BCUT2D eigenvalue weighted by Gasteiger charge is -2.32. The van der Waals surface area contributed by atoms with Gasteiger partial charge in [-0.25, -0.2) is 0 Å². The van der Waals surface area contributed by atoms with Crippen LogP contribution < -0.4 is 32.3 Å². The molecule has 2 bridgehead atoms. The van der Waals surface area contributed by atoms with Gasteiger partial charge in [0.2, 0.25) is 41.4 Å². The quantitative estimate of drug-likeness (QED) is 0.162. The van der Waals surface area contributed by atoms with E-state index in [0.29, 0.717) is 27.9 Å². The van der Waals surface area contributed by atoms with Crippen molar-refractivity contribution in [2.45, 2.75) is 108 Å². The Morgan fingerprint density at radius 2 is 1.54 bits per heavy atom. The van der Waals surface area contributed by atoms with Crippen molar-refractivity contribution in [3.05, 3.63) is 29.8 Å². The maximum absolute atomic E-state index is 14.5. The normalized spacial score (nSPS) is 28.4. The van der Waals surface area contributed by atoms with Crippen molar-refractivity contribution in [2.24, 2.45) is 29.4 Å². The summed E-state index contributed by atoms with van der Waals surface area (Å²) in [6.07, 6.45) is -3.97. The molecule has 2 aromatic rings. The average Bonchev–Trinajstić information content (AvgIpc) is 3.78. The highest BCUT2D eigenvalue weighted by molar-refractivity contribution is 7.99. The molecule has 4 unspecified atom stereocenters. The molecule has 5 rings (SSSR count). The van der Waals surface area contributed by atoms with Crippen LogP contribution in [0.25, 0.3) is 10.9 Å². The Kier molecular flexibility index (Phi) is 15.7. The minimum absolute atomic E-state index is 0.0874. The van der Waals surface area contributed by atoms with Gasteiger partial charge in [0.15, 0.2) is 11.6 Å². The molecule has 10 N–H and O–H groups in total. The number of amides is 7. The van der Waals surface area contributed by atoms with E-state index in [4.69, 9.17) is 5.73 Å². The van der Waals surface area contributed by atoms with E-state index in [2.05, 4.69) is 31.6 Å². The minimum Gasteiger partial charge on any atom is -0.393 e. The molecule has 20 heteroatoms. The summed E-state index contributed by atoms with van der Waals surface area (Å²) in [5.41, 5.74) is 6.78. The summed E-state index contributed by atoms with van der Waals surface area (Å²) in [6.45, 7) is 4.96. The maximum Gasteiger partial charge on any atom is 0.243 e. The number of nitrogens with zero attached hydrogens (tertiary/aromatic N) is 1. The molecule has 0 saturated carbocycles. The predicted molar refractivity (Wildman–Crippen MR) is 221 cm³/mol. The molecule has 0 radical (unpaired) electrons. The number of primary amides is 1. The fraction of sp³-hybridized carbons (Fsp3) is 0.585. The molecule has 1 aromatic carbocycles. The Morgan fingerprint density at radius 3 is 2.21 bits per heavy atom. The number of hydrogen-bond donors (Lipinski definition) is 9. The van der Waals surface area contributed by atoms with Crippen LogP contribution in [0.15, 0.2) is 29.3 Å². The van der Waals surface area contributed by atoms with Crippen LogP contribution in [0, 0.1) is 23.7 Å². The number of rotatable bonds is 6. The highest BCUT2D eigenvalue weighted by atomic mass is 32.2. The summed E-state index contributed by atoms with van der Waals surface area (Å²) in [4.78, 5) is 128. The van der Waals surface area contributed by atoms with Crippen molar-refractivity contribution < 1.29 is 53.4 Å². The molecule has 0 spiro atoms. The van der Waals surface area contributed by atoms with E-state index in [1.807, 2.05) is 0 Å². The Bertz CT molecular complexity index is 2040. The largest absolute Gasteiger partial charge is 0.393 e. The van der Waals surface area contributed by atoms with Crippen molar-refractivity contribution in [3.8, 4) is 0 Å². The van der Waals surface area contributed by atoms with Crippen LogP contribution in [-0.2, 0) is 49.6 Å². The van der Waals surface area contributed by atoms with Gasteiger partial charge in [-0.2, -0.15) is 0 Å². The van der Waals surface area contributed by atoms with Gasteiger partial charge in [-0.3, -0.25) is 43.2 Å². The second-order valence-electron chi connectivity index (χ2n) is 16.4. The first-order valence-electron chi connectivity index (χ1n) is 20.6. The Hall–Kier alpha value is -5.34. The van der Waals surface area contributed by atoms with Crippen molar-refractivity contribution in [1.82, 2.24) is 36.5 Å². The fourth-order valence-electron chi connectivity index (χ4n) is 7.97. The number of benzene rings is 1. The van der Waals surface area contributed by atoms with Crippen molar-refractivity contribution in [2.75, 3.05) is 25.4 Å². The number of nitrogens with one attached hydrogen (secondary N) is 6. The van der Waals surface area contributed by atoms with E-state index < -0.39 is 145 Å². The van der Waals surface area contributed by atoms with Gasteiger partial charge in [0.05, 0.1) is 48.3 Å². The first-order valence-corrected chi connectivity index (χ1v) is 21.5. The Labute approximate surface area is 356 Å². The highest BCUT2D eigenvalue weighted by Gasteiger charge is 2.44. The molecule has 1 aromatic heterocycles. The van der Waals surface area contributed by atoms with Crippen LogP contribution in [-0.4, -0.2) is 135 Å². The zero-order valence-electron chi connectivity index (χ0n) is 34.7. The van der Waals surface area contributed by atoms with E-state index in [1.54, 1.807) is 38.1 Å². The number of carbonyl (C=O) groups is 9. The van der Waals surface area contributed by atoms with Crippen LogP contribution in [0.4, 0.5) is 0 Å². The van der Waals surface area contributed by atoms with Gasteiger partial charge < -0.3 is 52.4 Å². The number of ketones is 2. The summed E-state index contributed by atoms with van der Waals surface area (Å²) in [6, 6.07) is 1.94. The van der Waals surface area contributed by atoms with Gasteiger partial charge >= 0.3 is 0 Å². The maximum atomic E-state index is 14.5. The monoisotopic (exact) mass is 868 g/mol. The molecule has 4 heterocycles. The lowest BCUT2D eigenvalue weighted by atomic mass is 9.86. The van der Waals surface area contributed by atoms with Gasteiger partial charge in [-0.05, 0) is 30.9 Å². The van der Waals surface area contributed by atoms with E-state index in [-0.39, 0.29) is 25.1 Å². The number of H-pyrrole nitrogens is 1. The van der Waals surface area contributed by atoms with E-state index in [0.717, 1.165) is 16.7 Å². The van der Waals surface area contributed by atoms with Gasteiger partial charge in [0.25, 0.3) is 0 Å². The van der Waals surface area contributed by atoms with Crippen LogP contribution >= 0.6 is 11.8 Å². The molecule has 0 aliphatic carbocycles. The number of thioether (sulfide) groups is 1. The van der Waals surface area contributed by atoms with Crippen LogP contribution in [0.3, 0.4) is 0 Å². The standard InChI is InChI=1S/C41H56N8O11S/c1-5-19(2)35-39(59)44-15-33(55)45-28-18-61-40-26(25-8-6-7-9-27(25)46-40)10-22(37(57)43-16-34(56)47-35)11-31(53)36(20(3)21(4)50)48-38(58)29-14-24(51)17-49(29)41(60)23(12-30(28)52)13-32(42)54/h6-9,19-24,28-29,35-36,46,50-51H,5,10-18H2,1-4H3,(H2,42,54)(H,43,57)(H,44,59)(H,45,55)(H,47,56)(H,48,58)/t19-,20-,21-,22?,23-,24?,28?,29?,35-,36-/m0/s1. The summed E-state index contributed by atoms with van der Waals surface area (Å²) in [5.74, 6) is -10.9. The van der Waals surface area contributed by atoms with Crippen molar-refractivity contribution in [1.29, 1.82) is 0 Å². The Balaban J connectivity index is 1.68. The number of hydrogen-bond acceptors (Lipinski definition) is 12. The number of fused-ring (bicyclic) bond motifs is 5.